The summed E-state index contributed by atoms with van der Waals surface area (Å²) in [7, 11) is 0. The van der Waals surface area contributed by atoms with Crippen molar-refractivity contribution in [2.75, 3.05) is 0 Å². The van der Waals surface area contributed by atoms with Gasteiger partial charge in [0.1, 0.15) is 0 Å². The Morgan fingerprint density at radius 1 is 1.24 bits per heavy atom. The van der Waals surface area contributed by atoms with E-state index in [0.29, 0.717) is 0 Å². The summed E-state index contributed by atoms with van der Waals surface area (Å²) < 4.78 is 1.36. The van der Waals surface area contributed by atoms with Crippen molar-refractivity contribution in [2.45, 2.75) is 13.8 Å². The van der Waals surface area contributed by atoms with E-state index in [9.17, 15) is 9.90 Å². The average molecular weight is 232 g/mol. The molecular weight excluding hydrogens is 220 g/mol. The number of benzene rings is 1. The molecule has 0 saturated heterocycles. The van der Waals surface area contributed by atoms with E-state index in [4.69, 9.17) is 5.11 Å². The first-order valence-electron chi connectivity index (χ1n) is 5.08. The Kier molecular flexibility index (Phi) is 2.59. The van der Waals surface area contributed by atoms with Crippen molar-refractivity contribution in [3.8, 4) is 11.4 Å². The van der Waals surface area contributed by atoms with Crippen LogP contribution in [-0.2, 0) is 0 Å². The number of carboxylic acids is 1. The second-order valence-corrected chi connectivity index (χ2v) is 3.96. The maximum absolute atomic E-state index is 10.8. The molecule has 0 radical (unpaired) electrons. The zero-order chi connectivity index (χ0) is 12.6. The molecule has 2 N–H and O–H groups in total. The van der Waals surface area contributed by atoms with Crippen molar-refractivity contribution in [1.82, 2.24) is 9.78 Å². The van der Waals surface area contributed by atoms with E-state index in [1.54, 1.807) is 0 Å². The maximum atomic E-state index is 10.8. The summed E-state index contributed by atoms with van der Waals surface area (Å²) in [6.07, 6.45) is 1.29. The second-order valence-electron chi connectivity index (χ2n) is 3.96. The lowest BCUT2D eigenvalue weighted by Crippen LogP contribution is -2.01. The smallest absolute Gasteiger partial charge is 0.360 e. The molecule has 0 bridgehead atoms. The molecule has 5 heteroatoms. The maximum Gasteiger partial charge on any atom is 0.360 e. The number of carboxylic acid groups (broad SMARTS) is 1. The minimum atomic E-state index is -1.24. The van der Waals surface area contributed by atoms with E-state index >= 15 is 0 Å². The van der Waals surface area contributed by atoms with Gasteiger partial charge in [-0.2, -0.15) is 5.10 Å². The zero-order valence-corrected chi connectivity index (χ0v) is 9.51. The summed E-state index contributed by atoms with van der Waals surface area (Å²) in [5, 5.41) is 22.1. The monoisotopic (exact) mass is 232 g/mol. The topological polar surface area (TPSA) is 75.4 Å². The van der Waals surface area contributed by atoms with Gasteiger partial charge in [0.05, 0.1) is 11.9 Å². The lowest BCUT2D eigenvalue weighted by Gasteiger charge is -2.04. The van der Waals surface area contributed by atoms with E-state index in [-0.39, 0.29) is 11.4 Å². The Bertz CT molecular complexity index is 567. The van der Waals surface area contributed by atoms with Crippen molar-refractivity contribution in [3.63, 3.8) is 0 Å². The fraction of sp³-hybridized carbons (Fsp3) is 0.167. The molecule has 2 rings (SSSR count). The van der Waals surface area contributed by atoms with Crippen LogP contribution in [-0.4, -0.2) is 26.0 Å². The third-order valence-corrected chi connectivity index (χ3v) is 2.37. The first kappa shape index (κ1) is 11.2. The van der Waals surface area contributed by atoms with Crippen molar-refractivity contribution in [3.05, 3.63) is 41.2 Å². The van der Waals surface area contributed by atoms with Crippen molar-refractivity contribution in [2.24, 2.45) is 0 Å². The normalized spacial score (nSPS) is 10.5. The van der Waals surface area contributed by atoms with Crippen LogP contribution in [0.4, 0.5) is 0 Å². The van der Waals surface area contributed by atoms with Crippen LogP contribution in [0.1, 0.15) is 21.6 Å². The van der Waals surface area contributed by atoms with Gasteiger partial charge in [-0.05, 0) is 37.1 Å². The highest BCUT2D eigenvalue weighted by atomic mass is 16.4. The summed E-state index contributed by atoms with van der Waals surface area (Å²) in [4.78, 5) is 10.8. The van der Waals surface area contributed by atoms with Crippen LogP contribution >= 0.6 is 0 Å². The van der Waals surface area contributed by atoms with Crippen LogP contribution < -0.4 is 0 Å². The van der Waals surface area contributed by atoms with Gasteiger partial charge in [-0.3, -0.25) is 0 Å². The predicted octanol–water partition coefficient (Wildman–Crippen LogP) is 1.89. The van der Waals surface area contributed by atoms with Crippen molar-refractivity contribution in [1.29, 1.82) is 0 Å². The molecule has 0 fully saturated rings. The van der Waals surface area contributed by atoms with E-state index < -0.39 is 5.97 Å². The van der Waals surface area contributed by atoms with Gasteiger partial charge in [-0.15, -0.1) is 0 Å². The largest absolute Gasteiger partial charge is 0.504 e. The van der Waals surface area contributed by atoms with Gasteiger partial charge in [-0.1, -0.05) is 6.07 Å². The summed E-state index contributed by atoms with van der Waals surface area (Å²) in [5.41, 5.74) is 2.48. The van der Waals surface area contributed by atoms with E-state index in [1.807, 2.05) is 32.0 Å². The minimum Gasteiger partial charge on any atom is -0.504 e. The Hall–Kier alpha value is -2.30. The first-order chi connectivity index (χ1) is 7.97. The molecule has 17 heavy (non-hydrogen) atoms. The van der Waals surface area contributed by atoms with Crippen LogP contribution in [0.15, 0.2) is 24.4 Å². The molecule has 1 heterocycles. The van der Waals surface area contributed by atoms with Crippen molar-refractivity contribution >= 4 is 5.97 Å². The van der Waals surface area contributed by atoms with Gasteiger partial charge < -0.3 is 10.2 Å². The van der Waals surface area contributed by atoms with Crippen molar-refractivity contribution < 1.29 is 15.0 Å². The number of rotatable bonds is 2. The van der Waals surface area contributed by atoms with Gasteiger partial charge in [0.15, 0.2) is 5.75 Å². The fourth-order valence-corrected chi connectivity index (χ4v) is 1.73. The molecule has 0 saturated carbocycles. The van der Waals surface area contributed by atoms with Crippen LogP contribution in [0.25, 0.3) is 5.69 Å². The summed E-state index contributed by atoms with van der Waals surface area (Å²) in [6, 6.07) is 5.74. The second kappa shape index (κ2) is 3.93. The number of hydrogen-bond acceptors (Lipinski definition) is 3. The predicted molar refractivity (Wildman–Crippen MR) is 61.7 cm³/mol. The van der Waals surface area contributed by atoms with Gasteiger partial charge in [0.25, 0.3) is 0 Å². The number of hydrogen-bond donors (Lipinski definition) is 2. The molecule has 2 aromatic rings. The number of aromatic hydroxyl groups is 1. The molecule has 0 aliphatic heterocycles. The molecule has 88 valence electrons. The SMILES string of the molecule is Cc1cc(C)cc(-n2cc(O)c(C(=O)O)n2)c1. The fourth-order valence-electron chi connectivity index (χ4n) is 1.73. The first-order valence-corrected chi connectivity index (χ1v) is 5.08. The molecule has 5 nitrogen and oxygen atoms in total. The van der Waals surface area contributed by atoms with Gasteiger partial charge >= 0.3 is 5.97 Å². The quantitative estimate of drug-likeness (QED) is 0.829. The highest BCUT2D eigenvalue weighted by Crippen LogP contribution is 2.19. The molecule has 0 unspecified atom stereocenters. The summed E-state index contributed by atoms with van der Waals surface area (Å²) in [6.45, 7) is 3.88. The standard InChI is InChI=1S/C12H12N2O3/c1-7-3-8(2)5-9(4-7)14-6-10(15)11(13-14)12(16)17/h3-6,15H,1-2H3,(H,16,17). The number of aromatic nitrogens is 2. The van der Waals surface area contributed by atoms with Crippen LogP contribution in [0.3, 0.4) is 0 Å². The van der Waals surface area contributed by atoms with Gasteiger partial charge in [0.2, 0.25) is 5.69 Å². The van der Waals surface area contributed by atoms with Crippen LogP contribution in [0.5, 0.6) is 5.75 Å². The molecular formula is C12H12N2O3. The Balaban J connectivity index is 2.53. The molecule has 1 aromatic heterocycles. The van der Waals surface area contributed by atoms with Gasteiger partial charge in [-0.25, -0.2) is 9.48 Å². The van der Waals surface area contributed by atoms with E-state index in [0.717, 1.165) is 16.8 Å². The molecule has 1 aromatic carbocycles. The molecule has 0 aliphatic carbocycles. The highest BCUT2D eigenvalue weighted by molar-refractivity contribution is 5.88. The Morgan fingerprint density at radius 3 is 2.29 bits per heavy atom. The lowest BCUT2D eigenvalue weighted by molar-refractivity contribution is 0.0687. The number of carbonyl (C=O) groups is 1. The highest BCUT2D eigenvalue weighted by Gasteiger charge is 2.15. The number of aromatic carboxylic acids is 1. The molecule has 0 amide bonds. The zero-order valence-electron chi connectivity index (χ0n) is 9.51. The van der Waals surface area contributed by atoms with E-state index in [1.165, 1.54) is 10.9 Å². The van der Waals surface area contributed by atoms with Crippen LogP contribution in [0, 0.1) is 13.8 Å². The molecule has 0 spiro atoms. The molecule has 0 aliphatic rings. The van der Waals surface area contributed by atoms with Gasteiger partial charge in [0, 0.05) is 0 Å². The summed E-state index contributed by atoms with van der Waals surface area (Å²) in [5.74, 6) is -1.58. The molecule has 0 atom stereocenters. The lowest BCUT2D eigenvalue weighted by atomic mass is 10.1. The summed E-state index contributed by atoms with van der Waals surface area (Å²) >= 11 is 0. The van der Waals surface area contributed by atoms with Crippen LogP contribution in [0.2, 0.25) is 0 Å². The third-order valence-electron chi connectivity index (χ3n) is 2.37. The third kappa shape index (κ3) is 2.13. The Morgan fingerprint density at radius 2 is 1.82 bits per heavy atom. The number of nitrogens with zero attached hydrogens (tertiary/aromatic N) is 2. The minimum absolute atomic E-state index is 0.336. The van der Waals surface area contributed by atoms with E-state index in [2.05, 4.69) is 5.10 Å². The average Bonchev–Trinajstić information content (AvgIpc) is 2.59. The Labute approximate surface area is 97.9 Å². The number of aryl methyl sites for hydroxylation is 2.